The number of likely N-dealkylation sites (tertiary alicyclic amines) is 1. The summed E-state index contributed by atoms with van der Waals surface area (Å²) < 4.78 is 0. The molecule has 0 unspecified atom stereocenters. The molecule has 1 heterocycles. The van der Waals surface area contributed by atoms with Crippen LogP contribution >= 0.6 is 0 Å². The summed E-state index contributed by atoms with van der Waals surface area (Å²) in [5.74, 6) is 0.0391. The van der Waals surface area contributed by atoms with Gasteiger partial charge in [0.25, 0.3) is 0 Å². The van der Waals surface area contributed by atoms with Gasteiger partial charge in [-0.05, 0) is 56.3 Å². The molecule has 1 aliphatic carbocycles. The van der Waals surface area contributed by atoms with Gasteiger partial charge in [0.2, 0.25) is 5.91 Å². The lowest BCUT2D eigenvalue weighted by Crippen LogP contribution is -2.43. The number of nitrogens with one attached hydrogen (secondary N) is 3. The molecule has 0 aromatic heterocycles. The number of carbonyl (C=O) groups excluding carboxylic acids is 2. The molecule has 1 aromatic carbocycles. The van der Waals surface area contributed by atoms with Gasteiger partial charge in [0.1, 0.15) is 0 Å². The largest absolute Gasteiger partial charge is 0.352 e. The first kappa shape index (κ1) is 22.6. The second-order valence-corrected chi connectivity index (χ2v) is 8.72. The molecule has 1 aliphatic heterocycles. The molecule has 0 radical (unpaired) electrons. The van der Waals surface area contributed by atoms with Gasteiger partial charge in [-0.15, -0.1) is 0 Å². The Morgan fingerprint density at radius 3 is 2.37 bits per heavy atom. The number of rotatable bonds is 9. The molecule has 166 valence electrons. The molecule has 6 heteroatoms. The second kappa shape index (κ2) is 12.6. The topological polar surface area (TPSA) is 73.5 Å². The third-order valence-corrected chi connectivity index (χ3v) is 6.24. The summed E-state index contributed by atoms with van der Waals surface area (Å²) in [4.78, 5) is 26.7. The number of carbonyl (C=O) groups is 2. The molecule has 30 heavy (non-hydrogen) atoms. The molecule has 2 aliphatic rings. The highest BCUT2D eigenvalue weighted by Gasteiger charge is 2.15. The highest BCUT2D eigenvalue weighted by molar-refractivity contribution is 5.76. The lowest BCUT2D eigenvalue weighted by molar-refractivity contribution is -0.121. The Balaban J connectivity index is 1.31. The third kappa shape index (κ3) is 7.98. The molecule has 3 amide bonds. The van der Waals surface area contributed by atoms with E-state index in [0.717, 1.165) is 19.4 Å². The predicted molar refractivity (Wildman–Crippen MR) is 120 cm³/mol. The summed E-state index contributed by atoms with van der Waals surface area (Å²) >= 11 is 0. The van der Waals surface area contributed by atoms with Crippen LogP contribution in [0, 0.1) is 0 Å². The maximum atomic E-state index is 12.2. The van der Waals surface area contributed by atoms with Crippen molar-refractivity contribution in [3.05, 3.63) is 35.4 Å². The first-order valence-corrected chi connectivity index (χ1v) is 11.8. The van der Waals surface area contributed by atoms with E-state index in [1.54, 1.807) is 0 Å². The number of amides is 3. The highest BCUT2D eigenvalue weighted by Crippen LogP contribution is 2.17. The van der Waals surface area contributed by atoms with E-state index >= 15 is 0 Å². The monoisotopic (exact) mass is 414 g/mol. The van der Waals surface area contributed by atoms with Crippen molar-refractivity contribution >= 4 is 11.9 Å². The van der Waals surface area contributed by atoms with Crippen LogP contribution in [-0.2, 0) is 17.9 Å². The van der Waals surface area contributed by atoms with E-state index in [4.69, 9.17) is 0 Å². The quantitative estimate of drug-likeness (QED) is 0.540. The van der Waals surface area contributed by atoms with Crippen LogP contribution in [0.1, 0.15) is 75.3 Å². The molecule has 2 fully saturated rings. The standard InChI is InChI=1S/C24H38N4O2/c29-23(14-9-15-25-24(30)27-22-12-3-1-4-13-22)26-18-20-10-5-6-11-21(20)19-28-16-7-2-8-17-28/h5-6,10-11,22H,1-4,7-9,12-19H2,(H,26,29)(H2,25,27,30). The summed E-state index contributed by atoms with van der Waals surface area (Å²) in [5, 5.41) is 8.96. The predicted octanol–water partition coefficient (Wildman–Crippen LogP) is 3.70. The lowest BCUT2D eigenvalue weighted by Gasteiger charge is -2.27. The number of urea groups is 1. The Kier molecular flexibility index (Phi) is 9.48. The Bertz CT molecular complexity index is 667. The van der Waals surface area contributed by atoms with Crippen LogP contribution in [0.5, 0.6) is 0 Å². The van der Waals surface area contributed by atoms with Crippen molar-refractivity contribution in [3.63, 3.8) is 0 Å². The first-order chi connectivity index (χ1) is 14.7. The minimum Gasteiger partial charge on any atom is -0.352 e. The first-order valence-electron chi connectivity index (χ1n) is 11.8. The van der Waals surface area contributed by atoms with Crippen LogP contribution in [0.2, 0.25) is 0 Å². The molecule has 3 N–H and O–H groups in total. The minimum atomic E-state index is -0.103. The lowest BCUT2D eigenvalue weighted by atomic mass is 9.96. The van der Waals surface area contributed by atoms with Crippen molar-refractivity contribution in [1.29, 1.82) is 0 Å². The average molecular weight is 415 g/mol. The van der Waals surface area contributed by atoms with Gasteiger partial charge in [-0.1, -0.05) is 49.9 Å². The zero-order valence-corrected chi connectivity index (χ0v) is 18.3. The molecule has 0 atom stereocenters. The van der Waals surface area contributed by atoms with Gasteiger partial charge >= 0.3 is 6.03 Å². The fourth-order valence-corrected chi connectivity index (χ4v) is 4.46. The van der Waals surface area contributed by atoms with Crippen LogP contribution < -0.4 is 16.0 Å². The molecule has 0 bridgehead atoms. The normalized spacial score (nSPS) is 18.0. The van der Waals surface area contributed by atoms with E-state index in [1.165, 1.54) is 62.7 Å². The van der Waals surface area contributed by atoms with Gasteiger partial charge in [0.15, 0.2) is 0 Å². The molecule has 0 spiro atoms. The minimum absolute atomic E-state index is 0.0391. The van der Waals surface area contributed by atoms with E-state index < -0.39 is 0 Å². The van der Waals surface area contributed by atoms with Crippen molar-refractivity contribution in [2.24, 2.45) is 0 Å². The molecule has 1 aromatic rings. The molecular formula is C24H38N4O2. The smallest absolute Gasteiger partial charge is 0.315 e. The molecule has 6 nitrogen and oxygen atoms in total. The third-order valence-electron chi connectivity index (χ3n) is 6.24. The van der Waals surface area contributed by atoms with E-state index in [-0.39, 0.29) is 11.9 Å². The van der Waals surface area contributed by atoms with Crippen LogP contribution in [0.3, 0.4) is 0 Å². The number of hydrogen-bond acceptors (Lipinski definition) is 3. The maximum absolute atomic E-state index is 12.2. The molecule has 3 rings (SSSR count). The van der Waals surface area contributed by atoms with Crippen LogP contribution in [0.4, 0.5) is 4.79 Å². The summed E-state index contributed by atoms with van der Waals surface area (Å²) in [5.41, 5.74) is 2.50. The van der Waals surface area contributed by atoms with Crippen molar-refractivity contribution in [2.75, 3.05) is 19.6 Å². The van der Waals surface area contributed by atoms with Crippen LogP contribution in [0.15, 0.2) is 24.3 Å². The zero-order chi connectivity index (χ0) is 21.0. The van der Waals surface area contributed by atoms with Gasteiger partial charge < -0.3 is 16.0 Å². The Morgan fingerprint density at radius 1 is 0.900 bits per heavy atom. The highest BCUT2D eigenvalue weighted by atomic mass is 16.2. The number of hydrogen-bond donors (Lipinski definition) is 3. The summed E-state index contributed by atoms with van der Waals surface area (Å²) in [6.45, 7) is 4.39. The van der Waals surface area contributed by atoms with Crippen molar-refractivity contribution in [1.82, 2.24) is 20.9 Å². The van der Waals surface area contributed by atoms with Crippen LogP contribution in [-0.4, -0.2) is 42.5 Å². The van der Waals surface area contributed by atoms with E-state index in [0.29, 0.717) is 32.0 Å². The van der Waals surface area contributed by atoms with Gasteiger partial charge in [0, 0.05) is 32.1 Å². The van der Waals surface area contributed by atoms with E-state index in [1.807, 2.05) is 6.07 Å². The van der Waals surface area contributed by atoms with E-state index in [2.05, 4.69) is 39.0 Å². The summed E-state index contributed by atoms with van der Waals surface area (Å²) in [6, 6.07) is 8.60. The van der Waals surface area contributed by atoms with E-state index in [9.17, 15) is 9.59 Å². The maximum Gasteiger partial charge on any atom is 0.315 e. The van der Waals surface area contributed by atoms with Crippen LogP contribution in [0.25, 0.3) is 0 Å². The van der Waals surface area contributed by atoms with Gasteiger partial charge in [-0.25, -0.2) is 4.79 Å². The zero-order valence-electron chi connectivity index (χ0n) is 18.3. The van der Waals surface area contributed by atoms with Crippen molar-refractivity contribution < 1.29 is 9.59 Å². The van der Waals surface area contributed by atoms with Gasteiger partial charge in [-0.3, -0.25) is 9.69 Å². The summed E-state index contributed by atoms with van der Waals surface area (Å²) in [7, 11) is 0. The van der Waals surface area contributed by atoms with Gasteiger partial charge in [-0.2, -0.15) is 0 Å². The number of piperidine rings is 1. The molecular weight excluding hydrogens is 376 g/mol. The molecule has 1 saturated heterocycles. The fraction of sp³-hybridized carbons (Fsp3) is 0.667. The number of benzene rings is 1. The average Bonchev–Trinajstić information content (AvgIpc) is 2.77. The van der Waals surface area contributed by atoms with Crippen molar-refractivity contribution in [3.8, 4) is 0 Å². The van der Waals surface area contributed by atoms with Crippen molar-refractivity contribution in [2.45, 2.75) is 83.3 Å². The fourth-order valence-electron chi connectivity index (χ4n) is 4.46. The SMILES string of the molecule is O=C(CCCNC(=O)NC1CCCCC1)NCc1ccccc1CN1CCCCC1. The Morgan fingerprint density at radius 2 is 1.60 bits per heavy atom. The number of nitrogens with zero attached hydrogens (tertiary/aromatic N) is 1. The molecule has 1 saturated carbocycles. The van der Waals surface area contributed by atoms with Gasteiger partial charge in [0.05, 0.1) is 0 Å². The Hall–Kier alpha value is -2.08. The summed E-state index contributed by atoms with van der Waals surface area (Å²) in [6.07, 6.45) is 10.8. The second-order valence-electron chi connectivity index (χ2n) is 8.72. The Labute approximate surface area is 181 Å².